The van der Waals surface area contributed by atoms with E-state index in [-0.39, 0.29) is 17.7 Å². The average molecular weight is 193 g/mol. The number of nitrogens with zero attached hydrogens (tertiary/aromatic N) is 1. The molecule has 3 nitrogen and oxygen atoms in total. The van der Waals surface area contributed by atoms with Gasteiger partial charge in [0, 0.05) is 25.3 Å². The van der Waals surface area contributed by atoms with Crippen molar-refractivity contribution < 1.29 is 9.59 Å². The fourth-order valence-corrected chi connectivity index (χ4v) is 1.58. The van der Waals surface area contributed by atoms with E-state index in [4.69, 9.17) is 6.42 Å². The summed E-state index contributed by atoms with van der Waals surface area (Å²) in [5, 5.41) is 0. The molecule has 1 saturated heterocycles. The molecule has 1 aliphatic rings. The minimum atomic E-state index is -0.130. The molecule has 1 unspecified atom stereocenters. The maximum Gasteiger partial charge on any atom is 0.232 e. The summed E-state index contributed by atoms with van der Waals surface area (Å²) in [5.74, 6) is 2.34. The lowest BCUT2D eigenvalue weighted by Gasteiger charge is -2.13. The summed E-state index contributed by atoms with van der Waals surface area (Å²) in [5.41, 5.74) is 0. The molecule has 0 aliphatic carbocycles. The van der Waals surface area contributed by atoms with E-state index >= 15 is 0 Å². The Balaban J connectivity index is 2.34. The van der Waals surface area contributed by atoms with Gasteiger partial charge in [0.25, 0.3) is 0 Å². The molecule has 0 aromatic carbocycles. The second-order valence-electron chi connectivity index (χ2n) is 3.65. The van der Waals surface area contributed by atoms with Crippen LogP contribution in [0.3, 0.4) is 0 Å². The molecule has 1 aliphatic heterocycles. The Bertz CT molecular complexity index is 278. The van der Waals surface area contributed by atoms with E-state index in [0.717, 1.165) is 12.8 Å². The molecule has 1 heterocycles. The minimum Gasteiger partial charge on any atom is -0.282 e. The predicted octanol–water partition coefficient (Wildman–Crippen LogP) is 1.18. The maximum atomic E-state index is 11.4. The van der Waals surface area contributed by atoms with Crippen molar-refractivity contribution in [3.63, 3.8) is 0 Å². The van der Waals surface area contributed by atoms with E-state index in [1.54, 1.807) is 6.92 Å². The third-order valence-corrected chi connectivity index (χ3v) is 2.42. The number of hydrogen-bond acceptors (Lipinski definition) is 2. The fourth-order valence-electron chi connectivity index (χ4n) is 1.58. The summed E-state index contributed by atoms with van der Waals surface area (Å²) in [6.45, 7) is 2.32. The number of imide groups is 1. The van der Waals surface area contributed by atoms with Gasteiger partial charge in [-0.3, -0.25) is 14.5 Å². The van der Waals surface area contributed by atoms with Gasteiger partial charge in [-0.15, -0.1) is 12.3 Å². The van der Waals surface area contributed by atoms with E-state index in [2.05, 4.69) is 5.92 Å². The van der Waals surface area contributed by atoms with Crippen LogP contribution in [0.25, 0.3) is 0 Å². The Morgan fingerprint density at radius 2 is 2.21 bits per heavy atom. The summed E-state index contributed by atoms with van der Waals surface area (Å²) in [4.78, 5) is 24.1. The van der Waals surface area contributed by atoms with Crippen molar-refractivity contribution in [3.05, 3.63) is 0 Å². The highest BCUT2D eigenvalue weighted by Crippen LogP contribution is 2.19. The van der Waals surface area contributed by atoms with Gasteiger partial charge in [-0.1, -0.05) is 6.92 Å². The van der Waals surface area contributed by atoms with Crippen LogP contribution in [0, 0.1) is 18.3 Å². The summed E-state index contributed by atoms with van der Waals surface area (Å²) in [6, 6.07) is 0. The van der Waals surface area contributed by atoms with Crippen molar-refractivity contribution in [1.29, 1.82) is 0 Å². The van der Waals surface area contributed by atoms with E-state index in [1.807, 2.05) is 0 Å². The van der Waals surface area contributed by atoms with Gasteiger partial charge in [0.15, 0.2) is 0 Å². The number of carbonyl (C=O) groups excluding carboxylic acids is 2. The molecule has 1 fully saturated rings. The van der Waals surface area contributed by atoms with Gasteiger partial charge in [0.2, 0.25) is 11.8 Å². The number of rotatable bonds is 4. The van der Waals surface area contributed by atoms with E-state index in [1.165, 1.54) is 4.90 Å². The molecule has 0 saturated carbocycles. The third-order valence-electron chi connectivity index (χ3n) is 2.42. The molecule has 2 amide bonds. The van der Waals surface area contributed by atoms with Gasteiger partial charge in [-0.25, -0.2) is 0 Å². The zero-order valence-corrected chi connectivity index (χ0v) is 8.45. The predicted molar refractivity (Wildman–Crippen MR) is 53.2 cm³/mol. The van der Waals surface area contributed by atoms with Crippen molar-refractivity contribution >= 4 is 11.8 Å². The summed E-state index contributed by atoms with van der Waals surface area (Å²) in [6.07, 6.45) is 7.88. The summed E-state index contributed by atoms with van der Waals surface area (Å²) < 4.78 is 0. The van der Waals surface area contributed by atoms with Crippen LogP contribution >= 0.6 is 0 Å². The molecule has 0 aromatic heterocycles. The molecule has 14 heavy (non-hydrogen) atoms. The lowest BCUT2D eigenvalue weighted by molar-refractivity contribution is -0.139. The summed E-state index contributed by atoms with van der Waals surface area (Å²) >= 11 is 0. The zero-order valence-electron chi connectivity index (χ0n) is 8.45. The Morgan fingerprint density at radius 3 is 2.71 bits per heavy atom. The summed E-state index contributed by atoms with van der Waals surface area (Å²) in [7, 11) is 0. The van der Waals surface area contributed by atoms with Crippen LogP contribution in [-0.2, 0) is 9.59 Å². The highest BCUT2D eigenvalue weighted by molar-refractivity contribution is 6.03. The number of terminal acetylenes is 1. The quantitative estimate of drug-likeness (QED) is 0.382. The maximum absolute atomic E-state index is 11.4. The lowest BCUT2D eigenvalue weighted by Crippen LogP contribution is -2.31. The van der Waals surface area contributed by atoms with Crippen molar-refractivity contribution in [2.45, 2.75) is 32.6 Å². The first-order valence-corrected chi connectivity index (χ1v) is 4.94. The van der Waals surface area contributed by atoms with Gasteiger partial charge < -0.3 is 0 Å². The highest BCUT2D eigenvalue weighted by atomic mass is 16.2. The zero-order chi connectivity index (χ0) is 10.6. The number of amides is 2. The molecule has 3 heteroatoms. The van der Waals surface area contributed by atoms with E-state index < -0.39 is 0 Å². The van der Waals surface area contributed by atoms with Gasteiger partial charge in [-0.2, -0.15) is 0 Å². The Hall–Kier alpha value is -1.30. The fraction of sp³-hybridized carbons (Fsp3) is 0.636. The minimum absolute atomic E-state index is 0.0318. The largest absolute Gasteiger partial charge is 0.282 e. The van der Waals surface area contributed by atoms with Crippen molar-refractivity contribution in [1.82, 2.24) is 4.90 Å². The number of hydrogen-bond donors (Lipinski definition) is 0. The highest BCUT2D eigenvalue weighted by Gasteiger charge is 2.34. The second-order valence-corrected chi connectivity index (χ2v) is 3.65. The SMILES string of the molecule is C#CCCCCN1C(=O)CC(C)C1=O. The molecule has 0 radical (unpaired) electrons. The smallest absolute Gasteiger partial charge is 0.232 e. The van der Waals surface area contributed by atoms with Gasteiger partial charge >= 0.3 is 0 Å². The lowest BCUT2D eigenvalue weighted by atomic mass is 10.1. The first kappa shape index (κ1) is 10.8. The first-order valence-electron chi connectivity index (χ1n) is 4.94. The molecular weight excluding hydrogens is 178 g/mol. The normalized spacial score (nSPS) is 21.4. The van der Waals surface area contributed by atoms with Crippen molar-refractivity contribution in [2.24, 2.45) is 5.92 Å². The average Bonchev–Trinajstić information content (AvgIpc) is 2.38. The number of carbonyl (C=O) groups is 2. The molecule has 0 aromatic rings. The molecule has 1 atom stereocenters. The van der Waals surface area contributed by atoms with Gasteiger partial charge in [-0.05, 0) is 12.8 Å². The molecule has 0 bridgehead atoms. The van der Waals surface area contributed by atoms with Crippen LogP contribution < -0.4 is 0 Å². The van der Waals surface area contributed by atoms with Crippen LogP contribution in [0.4, 0.5) is 0 Å². The third kappa shape index (κ3) is 2.35. The van der Waals surface area contributed by atoms with Crippen LogP contribution in [-0.4, -0.2) is 23.3 Å². The molecule has 1 rings (SSSR count). The van der Waals surface area contributed by atoms with Crippen LogP contribution in [0.1, 0.15) is 32.6 Å². The van der Waals surface area contributed by atoms with Crippen molar-refractivity contribution in [3.8, 4) is 12.3 Å². The second kappa shape index (κ2) is 4.80. The van der Waals surface area contributed by atoms with Crippen molar-refractivity contribution in [2.75, 3.05) is 6.54 Å². The number of unbranched alkanes of at least 4 members (excludes halogenated alkanes) is 2. The van der Waals surface area contributed by atoms with Gasteiger partial charge in [0.1, 0.15) is 0 Å². The van der Waals surface area contributed by atoms with Crippen LogP contribution in [0.2, 0.25) is 0 Å². The molecule has 0 N–H and O–H groups in total. The Labute approximate surface area is 84.5 Å². The standard InChI is InChI=1S/C11H15NO2/c1-3-4-5-6-7-12-10(13)8-9(2)11(12)14/h1,9H,4-8H2,2H3. The molecule has 0 spiro atoms. The van der Waals surface area contributed by atoms with Crippen LogP contribution in [0.15, 0.2) is 0 Å². The number of likely N-dealkylation sites (tertiary alicyclic amines) is 1. The molecule has 76 valence electrons. The first-order chi connectivity index (χ1) is 6.66. The topological polar surface area (TPSA) is 37.4 Å². The monoisotopic (exact) mass is 193 g/mol. The van der Waals surface area contributed by atoms with E-state index in [0.29, 0.717) is 19.4 Å². The molecular formula is C11H15NO2. The van der Waals surface area contributed by atoms with Gasteiger partial charge in [0.05, 0.1) is 0 Å². The Kier molecular flexibility index (Phi) is 3.70. The van der Waals surface area contributed by atoms with Crippen LogP contribution in [0.5, 0.6) is 0 Å². The van der Waals surface area contributed by atoms with E-state index in [9.17, 15) is 9.59 Å². The Morgan fingerprint density at radius 1 is 1.50 bits per heavy atom.